The highest BCUT2D eigenvalue weighted by molar-refractivity contribution is 7.91. The van der Waals surface area contributed by atoms with Crippen molar-refractivity contribution in [1.82, 2.24) is 5.32 Å². The minimum atomic E-state index is -3.34. The monoisotopic (exact) mass is 391 g/mol. The molecule has 0 aliphatic rings. The highest BCUT2D eigenvalue weighted by Gasteiger charge is 2.14. The van der Waals surface area contributed by atoms with Gasteiger partial charge in [-0.25, -0.2) is 8.42 Å². The first kappa shape index (κ1) is 20.6. The van der Waals surface area contributed by atoms with Crippen molar-refractivity contribution >= 4 is 21.5 Å². The summed E-state index contributed by atoms with van der Waals surface area (Å²) in [6.07, 6.45) is 0. The molecule has 0 unspecified atom stereocenters. The van der Waals surface area contributed by atoms with Gasteiger partial charge in [-0.3, -0.25) is 4.99 Å². The van der Waals surface area contributed by atoms with Crippen LogP contribution in [0.2, 0.25) is 0 Å². The standard InChI is InChI=1S/C19H25N3O4S/c1-4-26-18-14-15(10-11-17(18)25-3)22-19(20-2)21-12-13-27(23,24)16-8-6-5-7-9-16/h5-11,14H,4,12-13H2,1-3H3,(H2,20,21,22). The van der Waals surface area contributed by atoms with Crippen LogP contribution in [0.4, 0.5) is 5.69 Å². The zero-order chi connectivity index (χ0) is 19.7. The zero-order valence-electron chi connectivity index (χ0n) is 15.7. The molecule has 8 heteroatoms. The molecule has 0 heterocycles. The van der Waals surface area contributed by atoms with Crippen LogP contribution in [0, 0.1) is 0 Å². The topological polar surface area (TPSA) is 89.0 Å². The summed E-state index contributed by atoms with van der Waals surface area (Å²) < 4.78 is 35.5. The van der Waals surface area contributed by atoms with E-state index < -0.39 is 9.84 Å². The Bertz CT molecular complexity index is 868. The van der Waals surface area contributed by atoms with E-state index in [2.05, 4.69) is 15.6 Å². The molecule has 2 aromatic carbocycles. The number of rotatable bonds is 8. The predicted molar refractivity (Wildman–Crippen MR) is 108 cm³/mol. The Kier molecular flexibility index (Phi) is 7.48. The van der Waals surface area contributed by atoms with Crippen LogP contribution >= 0.6 is 0 Å². The van der Waals surface area contributed by atoms with Crippen LogP contribution < -0.4 is 20.1 Å². The van der Waals surface area contributed by atoms with E-state index in [0.717, 1.165) is 5.69 Å². The van der Waals surface area contributed by atoms with Gasteiger partial charge in [0.1, 0.15) is 0 Å². The van der Waals surface area contributed by atoms with Crippen molar-refractivity contribution in [3.8, 4) is 11.5 Å². The first-order chi connectivity index (χ1) is 13.0. The molecule has 0 spiro atoms. The number of anilines is 1. The predicted octanol–water partition coefficient (Wildman–Crippen LogP) is 2.56. The van der Waals surface area contributed by atoms with E-state index in [4.69, 9.17) is 9.47 Å². The molecule has 0 aromatic heterocycles. The molecule has 2 aromatic rings. The molecule has 2 rings (SSSR count). The third-order valence-corrected chi connectivity index (χ3v) is 5.45. The van der Waals surface area contributed by atoms with Gasteiger partial charge in [-0.2, -0.15) is 0 Å². The van der Waals surface area contributed by atoms with E-state index >= 15 is 0 Å². The summed E-state index contributed by atoms with van der Waals surface area (Å²) in [5, 5.41) is 6.12. The van der Waals surface area contributed by atoms with Crippen LogP contribution in [0.3, 0.4) is 0 Å². The molecule has 7 nitrogen and oxygen atoms in total. The van der Waals surface area contributed by atoms with E-state index in [0.29, 0.717) is 29.0 Å². The first-order valence-corrected chi connectivity index (χ1v) is 10.2. The van der Waals surface area contributed by atoms with Crippen LogP contribution in [-0.4, -0.2) is 47.4 Å². The maximum Gasteiger partial charge on any atom is 0.195 e. The SMILES string of the molecule is CCOc1cc(NC(=NC)NCCS(=O)(=O)c2ccccc2)ccc1OC. The minimum absolute atomic E-state index is 0.0372. The molecule has 0 amide bonds. The Morgan fingerprint density at radius 1 is 1.11 bits per heavy atom. The Morgan fingerprint density at radius 2 is 1.85 bits per heavy atom. The first-order valence-electron chi connectivity index (χ1n) is 8.56. The van der Waals surface area contributed by atoms with Crippen molar-refractivity contribution in [1.29, 1.82) is 0 Å². The van der Waals surface area contributed by atoms with Gasteiger partial charge in [0.05, 0.1) is 24.4 Å². The van der Waals surface area contributed by atoms with Crippen LogP contribution in [0.5, 0.6) is 11.5 Å². The van der Waals surface area contributed by atoms with Crippen LogP contribution in [0.1, 0.15) is 6.92 Å². The molecule has 0 bridgehead atoms. The van der Waals surface area contributed by atoms with E-state index in [-0.39, 0.29) is 12.3 Å². The van der Waals surface area contributed by atoms with Gasteiger partial charge in [0, 0.05) is 25.3 Å². The molecule has 0 radical (unpaired) electrons. The average molecular weight is 391 g/mol. The second kappa shape index (κ2) is 9.82. The maximum absolute atomic E-state index is 12.3. The van der Waals surface area contributed by atoms with Crippen molar-refractivity contribution < 1.29 is 17.9 Å². The van der Waals surface area contributed by atoms with E-state index in [1.54, 1.807) is 56.6 Å². The van der Waals surface area contributed by atoms with Gasteiger partial charge in [-0.1, -0.05) is 18.2 Å². The Hall–Kier alpha value is -2.74. The molecule has 0 fully saturated rings. The number of sulfone groups is 1. The van der Waals surface area contributed by atoms with Gasteiger partial charge >= 0.3 is 0 Å². The number of aliphatic imine (C=N–C) groups is 1. The summed E-state index contributed by atoms with van der Waals surface area (Å²) in [5.41, 5.74) is 0.748. The normalized spacial score (nSPS) is 11.7. The third-order valence-electron chi connectivity index (χ3n) is 3.72. The maximum atomic E-state index is 12.3. The molecular formula is C19H25N3O4S. The van der Waals surface area contributed by atoms with E-state index in [9.17, 15) is 8.42 Å². The van der Waals surface area contributed by atoms with E-state index in [1.165, 1.54) is 0 Å². The van der Waals surface area contributed by atoms with Crippen LogP contribution in [-0.2, 0) is 9.84 Å². The number of ether oxygens (including phenoxy) is 2. The molecule has 0 saturated heterocycles. The van der Waals surface area contributed by atoms with Gasteiger partial charge in [-0.05, 0) is 31.2 Å². The zero-order valence-corrected chi connectivity index (χ0v) is 16.5. The fraction of sp³-hybridized carbons (Fsp3) is 0.316. The summed E-state index contributed by atoms with van der Waals surface area (Å²) in [5.74, 6) is 1.68. The Morgan fingerprint density at radius 3 is 2.48 bits per heavy atom. The average Bonchev–Trinajstić information content (AvgIpc) is 2.68. The molecule has 0 atom stereocenters. The molecule has 146 valence electrons. The lowest BCUT2D eigenvalue weighted by Crippen LogP contribution is -2.34. The Labute approximate surface area is 160 Å². The second-order valence-electron chi connectivity index (χ2n) is 5.55. The lowest BCUT2D eigenvalue weighted by Gasteiger charge is -2.14. The fourth-order valence-corrected chi connectivity index (χ4v) is 3.57. The molecule has 0 aliphatic carbocycles. The third kappa shape index (κ3) is 5.89. The number of guanidine groups is 1. The Balaban J connectivity index is 1.97. The van der Waals surface area contributed by atoms with Gasteiger partial charge in [0.25, 0.3) is 0 Å². The smallest absolute Gasteiger partial charge is 0.195 e. The lowest BCUT2D eigenvalue weighted by atomic mass is 10.2. The number of hydrogen-bond donors (Lipinski definition) is 2. The number of nitrogens with one attached hydrogen (secondary N) is 2. The van der Waals surface area contributed by atoms with Gasteiger partial charge in [0.15, 0.2) is 27.3 Å². The molecule has 0 aliphatic heterocycles. The second-order valence-corrected chi connectivity index (χ2v) is 7.66. The van der Waals surface area contributed by atoms with Crippen molar-refractivity contribution in [2.45, 2.75) is 11.8 Å². The fourth-order valence-electron chi connectivity index (χ4n) is 2.39. The van der Waals surface area contributed by atoms with Crippen molar-refractivity contribution in [3.63, 3.8) is 0 Å². The van der Waals surface area contributed by atoms with Crippen molar-refractivity contribution in [2.75, 3.05) is 38.4 Å². The number of methoxy groups -OCH3 is 1. The highest BCUT2D eigenvalue weighted by atomic mass is 32.2. The number of benzene rings is 2. The van der Waals surface area contributed by atoms with Crippen LogP contribution in [0.15, 0.2) is 58.4 Å². The van der Waals surface area contributed by atoms with Gasteiger partial charge in [0.2, 0.25) is 0 Å². The summed E-state index contributed by atoms with van der Waals surface area (Å²) in [6, 6.07) is 13.8. The number of nitrogens with zero attached hydrogens (tertiary/aromatic N) is 1. The molecule has 0 saturated carbocycles. The van der Waals surface area contributed by atoms with Crippen LogP contribution in [0.25, 0.3) is 0 Å². The summed E-state index contributed by atoms with van der Waals surface area (Å²) in [7, 11) is -0.141. The summed E-state index contributed by atoms with van der Waals surface area (Å²) >= 11 is 0. The van der Waals surface area contributed by atoms with E-state index in [1.807, 2.05) is 13.0 Å². The molecular weight excluding hydrogens is 366 g/mol. The van der Waals surface area contributed by atoms with Crippen molar-refractivity contribution in [3.05, 3.63) is 48.5 Å². The molecule has 2 N–H and O–H groups in total. The van der Waals surface area contributed by atoms with Crippen molar-refractivity contribution in [2.24, 2.45) is 4.99 Å². The quantitative estimate of drug-likeness (QED) is 0.531. The summed E-state index contributed by atoms with van der Waals surface area (Å²) in [4.78, 5) is 4.43. The highest BCUT2D eigenvalue weighted by Crippen LogP contribution is 2.30. The number of hydrogen-bond acceptors (Lipinski definition) is 5. The van der Waals surface area contributed by atoms with Gasteiger partial charge < -0.3 is 20.1 Å². The lowest BCUT2D eigenvalue weighted by molar-refractivity contribution is 0.311. The minimum Gasteiger partial charge on any atom is -0.493 e. The van der Waals surface area contributed by atoms with Gasteiger partial charge in [-0.15, -0.1) is 0 Å². The largest absolute Gasteiger partial charge is 0.493 e. The molecule has 27 heavy (non-hydrogen) atoms. The summed E-state index contributed by atoms with van der Waals surface area (Å²) in [6.45, 7) is 2.64.